The van der Waals surface area contributed by atoms with Crippen molar-refractivity contribution < 1.29 is 19.1 Å². The highest BCUT2D eigenvalue weighted by Crippen LogP contribution is 2.31. The minimum absolute atomic E-state index is 0.112. The second-order valence-electron chi connectivity index (χ2n) is 6.88. The number of rotatable bonds is 12. The second kappa shape index (κ2) is 11.1. The van der Waals surface area contributed by atoms with Crippen molar-refractivity contribution in [2.45, 2.75) is 96.1 Å². The summed E-state index contributed by atoms with van der Waals surface area (Å²) < 4.78 is 11.1. The fourth-order valence-electron chi connectivity index (χ4n) is 3.50. The van der Waals surface area contributed by atoms with Crippen molar-refractivity contribution in [3.63, 3.8) is 0 Å². The smallest absolute Gasteiger partial charge is 0.305 e. The molecular formula is C19H36O4Si. The van der Waals surface area contributed by atoms with Crippen molar-refractivity contribution in [1.29, 1.82) is 0 Å². The van der Waals surface area contributed by atoms with Gasteiger partial charge in [-0.15, -0.1) is 0 Å². The predicted octanol–water partition coefficient (Wildman–Crippen LogP) is 4.58. The van der Waals surface area contributed by atoms with Gasteiger partial charge in [-0.2, -0.15) is 0 Å². The van der Waals surface area contributed by atoms with Crippen LogP contribution in [0.4, 0.5) is 0 Å². The summed E-state index contributed by atoms with van der Waals surface area (Å²) in [5.74, 6) is -0.126. The summed E-state index contributed by atoms with van der Waals surface area (Å²) in [5.41, 5.74) is 1.15. The first kappa shape index (κ1) is 21.4. The van der Waals surface area contributed by atoms with Crippen molar-refractivity contribution in [3.8, 4) is 0 Å². The Morgan fingerprint density at radius 3 is 2.38 bits per heavy atom. The van der Waals surface area contributed by atoms with Crippen molar-refractivity contribution in [2.75, 3.05) is 7.11 Å². The molecular weight excluding hydrogens is 320 g/mol. The van der Waals surface area contributed by atoms with Gasteiger partial charge in [0.25, 0.3) is 0 Å². The van der Waals surface area contributed by atoms with E-state index >= 15 is 0 Å². The molecule has 0 aliphatic heterocycles. The zero-order valence-corrected chi connectivity index (χ0v) is 17.0. The highest BCUT2D eigenvalue weighted by Gasteiger charge is 2.34. The van der Waals surface area contributed by atoms with Crippen molar-refractivity contribution in [2.24, 2.45) is 0 Å². The van der Waals surface area contributed by atoms with Crippen LogP contribution in [0.3, 0.4) is 0 Å². The molecule has 5 heteroatoms. The number of unbranched alkanes of at least 4 members (excludes halogenated alkanes) is 3. The van der Waals surface area contributed by atoms with Gasteiger partial charge in [-0.25, -0.2) is 0 Å². The average Bonchev–Trinajstić information content (AvgIpc) is 2.94. The Hall–Kier alpha value is -0.653. The maximum atomic E-state index is 11.0. The maximum Gasteiger partial charge on any atom is 0.305 e. The Bertz CT molecular complexity index is 396. The average molecular weight is 357 g/mol. The third-order valence-electron chi connectivity index (χ3n) is 5.44. The van der Waals surface area contributed by atoms with Gasteiger partial charge in [0, 0.05) is 12.8 Å². The number of aliphatic hydroxyl groups excluding tert-OH is 1. The van der Waals surface area contributed by atoms with Crippen molar-refractivity contribution in [1.82, 2.24) is 0 Å². The molecule has 0 radical (unpaired) electrons. The molecule has 4 nitrogen and oxygen atoms in total. The lowest BCUT2D eigenvalue weighted by Crippen LogP contribution is -2.39. The summed E-state index contributed by atoms with van der Waals surface area (Å²) in [6.45, 7) is 6.72. The Morgan fingerprint density at radius 1 is 1.17 bits per heavy atom. The summed E-state index contributed by atoms with van der Waals surface area (Å²) >= 11 is 0. The molecule has 1 aliphatic rings. The van der Waals surface area contributed by atoms with Gasteiger partial charge in [0.05, 0.1) is 19.3 Å². The first-order chi connectivity index (χ1) is 11.5. The molecule has 0 saturated carbocycles. The molecule has 0 aromatic rings. The Kier molecular flexibility index (Phi) is 9.85. The lowest BCUT2D eigenvalue weighted by atomic mass is 10.0. The maximum absolute atomic E-state index is 11.0. The molecule has 0 aromatic heterocycles. The standard InChI is InChI=1S/C19H36O4Si/c1-5-24(6-2,7-3)23-17-14-16(18(20)15-17)12-10-8-9-11-13-19(21)22-4/h14,17-18,20H,5-13,15H2,1-4H3. The number of aliphatic hydroxyl groups is 1. The number of carbonyl (C=O) groups excluding carboxylic acids is 1. The van der Waals surface area contributed by atoms with Gasteiger partial charge in [-0.05, 0) is 43.0 Å². The predicted molar refractivity (Wildman–Crippen MR) is 100 cm³/mol. The Morgan fingerprint density at radius 2 is 1.79 bits per heavy atom. The van der Waals surface area contributed by atoms with Crippen LogP contribution in [-0.4, -0.2) is 38.7 Å². The van der Waals surface area contributed by atoms with Gasteiger partial charge in [-0.3, -0.25) is 4.79 Å². The molecule has 1 aliphatic carbocycles. The van der Waals surface area contributed by atoms with Crippen LogP contribution in [0, 0.1) is 0 Å². The number of carbonyl (C=O) groups is 1. The number of methoxy groups -OCH3 is 1. The van der Waals surface area contributed by atoms with E-state index in [0.29, 0.717) is 6.42 Å². The van der Waals surface area contributed by atoms with E-state index in [-0.39, 0.29) is 18.2 Å². The van der Waals surface area contributed by atoms with Gasteiger partial charge in [0.1, 0.15) is 0 Å². The quantitative estimate of drug-likeness (QED) is 0.241. The van der Waals surface area contributed by atoms with Crippen LogP contribution < -0.4 is 0 Å². The summed E-state index contributed by atoms with van der Waals surface area (Å²) in [5, 5.41) is 10.3. The van der Waals surface area contributed by atoms with Gasteiger partial charge >= 0.3 is 5.97 Å². The van der Waals surface area contributed by atoms with E-state index in [4.69, 9.17) is 4.43 Å². The van der Waals surface area contributed by atoms with E-state index in [0.717, 1.165) is 62.2 Å². The molecule has 140 valence electrons. The van der Waals surface area contributed by atoms with Gasteiger partial charge in [0.2, 0.25) is 0 Å². The molecule has 0 saturated heterocycles. The second-order valence-corrected chi connectivity index (χ2v) is 11.6. The van der Waals surface area contributed by atoms with E-state index in [2.05, 4.69) is 31.6 Å². The molecule has 2 unspecified atom stereocenters. The summed E-state index contributed by atoms with van der Waals surface area (Å²) in [7, 11) is -0.172. The number of ether oxygens (including phenoxy) is 1. The fraction of sp³-hybridized carbons (Fsp3) is 0.842. The zero-order chi connectivity index (χ0) is 18.0. The topological polar surface area (TPSA) is 55.8 Å². The van der Waals surface area contributed by atoms with Crippen molar-refractivity contribution >= 4 is 14.3 Å². The first-order valence-corrected chi connectivity index (χ1v) is 12.2. The van der Waals surface area contributed by atoms with Gasteiger partial charge in [0.15, 0.2) is 8.32 Å². The molecule has 0 aromatic carbocycles. The third kappa shape index (κ3) is 6.69. The lowest BCUT2D eigenvalue weighted by Gasteiger charge is -2.31. The minimum atomic E-state index is -1.60. The number of esters is 1. The summed E-state index contributed by atoms with van der Waals surface area (Å²) in [6, 6.07) is 3.45. The van der Waals surface area contributed by atoms with Crippen LogP contribution in [0.5, 0.6) is 0 Å². The van der Waals surface area contributed by atoms with E-state index in [1.165, 1.54) is 7.11 Å². The summed E-state index contributed by atoms with van der Waals surface area (Å²) in [6.07, 6.45) is 8.22. The monoisotopic (exact) mass is 356 g/mol. The van der Waals surface area contributed by atoms with E-state index in [1.807, 2.05) is 0 Å². The summed E-state index contributed by atoms with van der Waals surface area (Å²) in [4.78, 5) is 11.0. The van der Waals surface area contributed by atoms with Gasteiger partial charge < -0.3 is 14.3 Å². The van der Waals surface area contributed by atoms with Crippen LogP contribution in [0.1, 0.15) is 65.7 Å². The highest BCUT2D eigenvalue weighted by molar-refractivity contribution is 6.73. The van der Waals surface area contributed by atoms with E-state index in [1.54, 1.807) is 0 Å². The van der Waals surface area contributed by atoms with E-state index < -0.39 is 8.32 Å². The van der Waals surface area contributed by atoms with Gasteiger partial charge in [-0.1, -0.05) is 39.7 Å². The molecule has 0 amide bonds. The molecule has 0 fully saturated rings. The van der Waals surface area contributed by atoms with Crippen LogP contribution in [-0.2, 0) is 14.0 Å². The fourth-order valence-corrected chi connectivity index (χ4v) is 6.30. The van der Waals surface area contributed by atoms with Crippen molar-refractivity contribution in [3.05, 3.63) is 11.6 Å². The zero-order valence-electron chi connectivity index (χ0n) is 16.0. The molecule has 2 atom stereocenters. The minimum Gasteiger partial charge on any atom is -0.469 e. The molecule has 0 heterocycles. The molecule has 0 bridgehead atoms. The first-order valence-electron chi connectivity index (χ1n) is 9.63. The normalized spacial score (nSPS) is 21.0. The van der Waals surface area contributed by atoms with Crippen LogP contribution >= 0.6 is 0 Å². The van der Waals surface area contributed by atoms with Crippen LogP contribution in [0.2, 0.25) is 18.1 Å². The Balaban J connectivity index is 2.34. The third-order valence-corrected chi connectivity index (χ3v) is 10.1. The molecule has 1 N–H and O–H groups in total. The molecule has 24 heavy (non-hydrogen) atoms. The Labute approximate surface area is 148 Å². The van der Waals surface area contributed by atoms with Crippen LogP contribution in [0.25, 0.3) is 0 Å². The number of hydrogen-bond acceptors (Lipinski definition) is 4. The largest absolute Gasteiger partial charge is 0.469 e. The molecule has 0 spiro atoms. The number of hydrogen-bond donors (Lipinski definition) is 1. The lowest BCUT2D eigenvalue weighted by molar-refractivity contribution is -0.140. The van der Waals surface area contributed by atoms with Crippen LogP contribution in [0.15, 0.2) is 11.6 Å². The SMILES string of the molecule is CC[Si](CC)(CC)OC1C=C(CCCCCCC(=O)OC)C(O)C1. The molecule has 1 rings (SSSR count). The van der Waals surface area contributed by atoms with E-state index in [9.17, 15) is 9.90 Å². The highest BCUT2D eigenvalue weighted by atomic mass is 28.4.